The van der Waals surface area contributed by atoms with Gasteiger partial charge in [0.2, 0.25) is 5.91 Å². The monoisotopic (exact) mass is 403 g/mol. The van der Waals surface area contributed by atoms with Crippen molar-refractivity contribution in [1.82, 2.24) is 10.6 Å². The second kappa shape index (κ2) is 8.59. The Labute approximate surface area is 165 Å². The van der Waals surface area contributed by atoms with E-state index in [2.05, 4.69) is 27.3 Å². The average molecular weight is 403 g/mol. The lowest BCUT2D eigenvalue weighted by atomic mass is 9.87. The molecule has 3 N–H and O–H groups in total. The van der Waals surface area contributed by atoms with Gasteiger partial charge in [-0.1, -0.05) is 36.9 Å². The predicted molar refractivity (Wildman–Crippen MR) is 102 cm³/mol. The summed E-state index contributed by atoms with van der Waals surface area (Å²) in [6, 6.07) is 11.2. The molecule has 9 heteroatoms. The molecule has 0 saturated carbocycles. The van der Waals surface area contributed by atoms with Gasteiger partial charge >= 0.3 is 12.6 Å². The van der Waals surface area contributed by atoms with E-state index in [4.69, 9.17) is 4.74 Å². The minimum atomic E-state index is -3.06. The van der Waals surface area contributed by atoms with E-state index in [0.717, 1.165) is 0 Å². The zero-order valence-electron chi connectivity index (χ0n) is 15.4. The van der Waals surface area contributed by atoms with Gasteiger partial charge in [0.05, 0.1) is 18.8 Å². The van der Waals surface area contributed by atoms with Crippen molar-refractivity contribution in [3.8, 4) is 11.5 Å². The number of nitrogens with one attached hydrogen (secondary N) is 3. The Morgan fingerprint density at radius 3 is 2.48 bits per heavy atom. The van der Waals surface area contributed by atoms with E-state index in [1.165, 1.54) is 25.3 Å². The van der Waals surface area contributed by atoms with Gasteiger partial charge in [-0.2, -0.15) is 8.78 Å². The maximum absolute atomic E-state index is 13.1. The number of amides is 3. The van der Waals surface area contributed by atoms with E-state index in [1.807, 2.05) is 0 Å². The fraction of sp³-hybridized carbons (Fsp3) is 0.200. The smallest absolute Gasteiger partial charge is 0.387 e. The highest BCUT2D eigenvalue weighted by Crippen LogP contribution is 2.36. The number of carbonyl (C=O) groups excluding carboxylic acids is 2. The lowest BCUT2D eigenvalue weighted by Gasteiger charge is -2.34. The molecule has 29 heavy (non-hydrogen) atoms. The maximum Gasteiger partial charge on any atom is 0.387 e. The van der Waals surface area contributed by atoms with Crippen molar-refractivity contribution in [2.45, 2.75) is 12.7 Å². The molecule has 3 amide bonds. The zero-order valence-corrected chi connectivity index (χ0v) is 15.4. The molecule has 1 heterocycles. The molecule has 0 spiro atoms. The number of hydrogen-bond acceptors (Lipinski definition) is 4. The highest BCUT2D eigenvalue weighted by Gasteiger charge is 2.39. The topological polar surface area (TPSA) is 88.7 Å². The minimum Gasteiger partial charge on any atom is -0.495 e. The molecule has 152 valence electrons. The number of carbonyl (C=O) groups is 2. The molecular weight excluding hydrogens is 384 g/mol. The molecule has 2 aromatic carbocycles. The summed E-state index contributed by atoms with van der Waals surface area (Å²) in [6.45, 7) is 0.707. The molecular formula is C20H19F2N3O4. The number of alkyl halides is 2. The van der Waals surface area contributed by atoms with Gasteiger partial charge in [-0.15, -0.1) is 0 Å². The molecule has 1 aliphatic rings. The number of halogens is 2. The highest BCUT2D eigenvalue weighted by atomic mass is 19.3. The third kappa shape index (κ3) is 4.45. The van der Waals surface area contributed by atoms with Crippen molar-refractivity contribution in [2.24, 2.45) is 5.92 Å². The van der Waals surface area contributed by atoms with Gasteiger partial charge in [-0.3, -0.25) is 4.79 Å². The van der Waals surface area contributed by atoms with E-state index in [1.54, 1.807) is 30.3 Å². The predicted octanol–water partition coefficient (Wildman–Crippen LogP) is 3.42. The molecule has 3 rings (SSSR count). The van der Waals surface area contributed by atoms with Crippen LogP contribution in [-0.2, 0) is 4.79 Å². The van der Waals surface area contributed by atoms with Crippen molar-refractivity contribution in [1.29, 1.82) is 0 Å². The van der Waals surface area contributed by atoms with Crippen molar-refractivity contribution >= 4 is 17.6 Å². The van der Waals surface area contributed by atoms with E-state index in [0.29, 0.717) is 11.4 Å². The molecule has 2 atom stereocenters. The largest absolute Gasteiger partial charge is 0.495 e. The van der Waals surface area contributed by atoms with Gasteiger partial charge in [0.15, 0.2) is 0 Å². The van der Waals surface area contributed by atoms with Crippen LogP contribution < -0.4 is 25.4 Å². The van der Waals surface area contributed by atoms with Crippen LogP contribution in [0.2, 0.25) is 0 Å². The fourth-order valence-electron chi connectivity index (χ4n) is 3.15. The van der Waals surface area contributed by atoms with Crippen LogP contribution in [0, 0.1) is 5.92 Å². The third-order valence-electron chi connectivity index (χ3n) is 4.39. The Morgan fingerprint density at radius 1 is 1.14 bits per heavy atom. The normalized spacial score (nSPS) is 18.6. The Balaban J connectivity index is 1.96. The Morgan fingerprint density at radius 2 is 1.79 bits per heavy atom. The summed E-state index contributed by atoms with van der Waals surface area (Å²) in [5, 5.41) is 7.78. The first-order valence-corrected chi connectivity index (χ1v) is 8.64. The van der Waals surface area contributed by atoms with E-state index < -0.39 is 30.5 Å². The molecule has 0 radical (unpaired) electrons. The lowest BCUT2D eigenvalue weighted by Crippen LogP contribution is -2.52. The van der Waals surface area contributed by atoms with Crippen molar-refractivity contribution in [2.75, 3.05) is 12.4 Å². The summed E-state index contributed by atoms with van der Waals surface area (Å²) in [4.78, 5) is 25.1. The van der Waals surface area contributed by atoms with Crippen LogP contribution in [0.4, 0.5) is 19.3 Å². The molecule has 0 aromatic heterocycles. The van der Waals surface area contributed by atoms with Gasteiger partial charge in [-0.25, -0.2) is 4.79 Å². The summed E-state index contributed by atoms with van der Waals surface area (Å²) in [5.74, 6) is -1.21. The van der Waals surface area contributed by atoms with Gasteiger partial charge in [-0.05, 0) is 18.2 Å². The fourth-order valence-corrected chi connectivity index (χ4v) is 3.15. The maximum atomic E-state index is 13.1. The second-order valence-corrected chi connectivity index (χ2v) is 6.18. The van der Waals surface area contributed by atoms with Crippen molar-refractivity contribution < 1.29 is 27.8 Å². The standard InChI is InChI=1S/C20H19F2N3O4/c1-11-16(18(26)24-13-8-4-6-10-15(13)28-2)17(25-20(27)23-11)12-7-3-5-9-14(12)29-19(21)22/h3-10,16-17,19H,1H2,2H3,(H,24,26)(H2,23,25,27)/t16-,17+/m0/s1. The summed E-state index contributed by atoms with van der Waals surface area (Å²) in [7, 11) is 1.47. The van der Waals surface area contributed by atoms with Gasteiger partial charge in [0.25, 0.3) is 0 Å². The average Bonchev–Trinajstić information content (AvgIpc) is 2.67. The third-order valence-corrected chi connectivity index (χ3v) is 4.39. The summed E-state index contributed by atoms with van der Waals surface area (Å²) in [6.07, 6.45) is 0. The van der Waals surface area contributed by atoms with Gasteiger partial charge < -0.3 is 25.4 Å². The number of para-hydroxylation sites is 3. The van der Waals surface area contributed by atoms with Gasteiger partial charge in [0, 0.05) is 11.3 Å². The quantitative estimate of drug-likeness (QED) is 0.690. The Hall–Kier alpha value is -3.62. The molecule has 2 aromatic rings. The molecule has 0 unspecified atom stereocenters. The van der Waals surface area contributed by atoms with Crippen LogP contribution in [0.15, 0.2) is 60.8 Å². The lowest BCUT2D eigenvalue weighted by molar-refractivity contribution is -0.119. The van der Waals surface area contributed by atoms with Crippen LogP contribution in [0.25, 0.3) is 0 Å². The second-order valence-electron chi connectivity index (χ2n) is 6.18. The Bertz CT molecular complexity index is 935. The van der Waals surface area contributed by atoms with Crippen molar-refractivity contribution in [3.63, 3.8) is 0 Å². The number of rotatable bonds is 6. The molecule has 7 nitrogen and oxygen atoms in total. The number of hydrogen-bond donors (Lipinski definition) is 3. The van der Waals surface area contributed by atoms with Crippen LogP contribution in [-0.4, -0.2) is 25.7 Å². The summed E-state index contributed by atoms with van der Waals surface area (Å²) < 4.78 is 35.4. The number of urea groups is 1. The van der Waals surface area contributed by atoms with E-state index >= 15 is 0 Å². The summed E-state index contributed by atoms with van der Waals surface area (Å²) >= 11 is 0. The Kier molecular flexibility index (Phi) is 5.96. The number of anilines is 1. The molecule has 1 aliphatic heterocycles. The minimum absolute atomic E-state index is 0.123. The van der Waals surface area contributed by atoms with Crippen LogP contribution >= 0.6 is 0 Å². The highest BCUT2D eigenvalue weighted by molar-refractivity contribution is 5.98. The first-order chi connectivity index (χ1) is 13.9. The van der Waals surface area contributed by atoms with Crippen LogP contribution in [0.5, 0.6) is 11.5 Å². The van der Waals surface area contributed by atoms with Gasteiger partial charge in [0.1, 0.15) is 17.4 Å². The number of ether oxygens (including phenoxy) is 2. The number of benzene rings is 2. The van der Waals surface area contributed by atoms with Crippen molar-refractivity contribution in [3.05, 3.63) is 66.4 Å². The number of methoxy groups -OCH3 is 1. The van der Waals surface area contributed by atoms with Crippen LogP contribution in [0.1, 0.15) is 11.6 Å². The summed E-state index contributed by atoms with van der Waals surface area (Å²) in [5.41, 5.74) is 0.766. The zero-order chi connectivity index (χ0) is 21.0. The first kappa shape index (κ1) is 20.1. The SMILES string of the molecule is C=C1NC(=O)N[C@H](c2ccccc2OC(F)F)[C@H]1C(=O)Nc1ccccc1OC. The van der Waals surface area contributed by atoms with E-state index in [-0.39, 0.29) is 17.0 Å². The molecule has 1 fully saturated rings. The van der Waals surface area contributed by atoms with Crippen LogP contribution in [0.3, 0.4) is 0 Å². The molecule has 1 saturated heterocycles. The van der Waals surface area contributed by atoms with E-state index in [9.17, 15) is 18.4 Å². The first-order valence-electron chi connectivity index (χ1n) is 8.64. The molecule has 0 aliphatic carbocycles. The molecule has 0 bridgehead atoms.